The smallest absolute Gasteiger partial charge is 0.166 e. The summed E-state index contributed by atoms with van der Waals surface area (Å²) in [4.78, 5) is 0. The van der Waals surface area contributed by atoms with Gasteiger partial charge in [-0.1, -0.05) is 61.2 Å². The first-order valence-corrected chi connectivity index (χ1v) is 9.16. The minimum atomic E-state index is -4.32. The Labute approximate surface area is 154 Å². The second kappa shape index (κ2) is 7.91. The zero-order valence-corrected chi connectivity index (χ0v) is 14.9. The standard InChI is InChI=1S/C20H17F3N2S/c1-2-14-6-8-16(9-7-14)18-10-11-19(25-24-18)26-13-15-4-3-5-17(12-15)20(21,22)23/h3-12H,2,13H2,1H3. The van der Waals surface area contributed by atoms with Gasteiger partial charge in [0.2, 0.25) is 0 Å². The summed E-state index contributed by atoms with van der Waals surface area (Å²) in [5.41, 5.74) is 2.99. The van der Waals surface area contributed by atoms with Crippen molar-refractivity contribution in [3.8, 4) is 11.3 Å². The Morgan fingerprint density at radius 2 is 1.65 bits per heavy atom. The molecule has 0 fully saturated rings. The number of hydrogen-bond acceptors (Lipinski definition) is 3. The summed E-state index contributed by atoms with van der Waals surface area (Å²) in [6.45, 7) is 2.10. The van der Waals surface area contributed by atoms with Crippen LogP contribution in [-0.2, 0) is 18.3 Å². The monoisotopic (exact) mass is 374 g/mol. The van der Waals surface area contributed by atoms with Crippen molar-refractivity contribution in [3.63, 3.8) is 0 Å². The molecule has 0 radical (unpaired) electrons. The molecule has 0 aliphatic carbocycles. The predicted molar refractivity (Wildman–Crippen MR) is 97.9 cm³/mol. The number of nitrogens with zero attached hydrogens (tertiary/aromatic N) is 2. The van der Waals surface area contributed by atoms with Gasteiger partial charge in [0.25, 0.3) is 0 Å². The van der Waals surface area contributed by atoms with Crippen LogP contribution in [0.1, 0.15) is 23.6 Å². The third-order valence-corrected chi connectivity index (χ3v) is 4.93. The highest BCUT2D eigenvalue weighted by molar-refractivity contribution is 7.98. The Bertz CT molecular complexity index is 859. The highest BCUT2D eigenvalue weighted by Crippen LogP contribution is 2.31. The highest BCUT2D eigenvalue weighted by atomic mass is 32.2. The van der Waals surface area contributed by atoms with Crippen LogP contribution in [-0.4, -0.2) is 10.2 Å². The molecule has 0 aliphatic heterocycles. The summed E-state index contributed by atoms with van der Waals surface area (Å²) >= 11 is 1.36. The van der Waals surface area contributed by atoms with Crippen LogP contribution < -0.4 is 0 Å². The van der Waals surface area contributed by atoms with Gasteiger partial charge in [0, 0.05) is 11.3 Å². The summed E-state index contributed by atoms with van der Waals surface area (Å²) in [5, 5.41) is 9.07. The van der Waals surface area contributed by atoms with Gasteiger partial charge in [0.15, 0.2) is 0 Å². The molecule has 0 saturated heterocycles. The molecule has 0 N–H and O–H groups in total. The maximum Gasteiger partial charge on any atom is 0.416 e. The summed E-state index contributed by atoms with van der Waals surface area (Å²) in [6.07, 6.45) is -3.34. The van der Waals surface area contributed by atoms with Gasteiger partial charge in [-0.05, 0) is 35.7 Å². The van der Waals surface area contributed by atoms with Crippen LogP contribution in [0.5, 0.6) is 0 Å². The minimum Gasteiger partial charge on any atom is -0.166 e. The molecule has 0 amide bonds. The molecule has 6 heteroatoms. The average molecular weight is 374 g/mol. The molecule has 0 atom stereocenters. The predicted octanol–water partition coefficient (Wildman–Crippen LogP) is 6.02. The maximum atomic E-state index is 12.8. The molecule has 3 aromatic rings. The third-order valence-electron chi connectivity index (χ3n) is 3.94. The van der Waals surface area contributed by atoms with Crippen LogP contribution >= 0.6 is 11.8 Å². The lowest BCUT2D eigenvalue weighted by atomic mass is 10.1. The first-order chi connectivity index (χ1) is 12.5. The van der Waals surface area contributed by atoms with E-state index in [1.54, 1.807) is 6.07 Å². The molecule has 2 nitrogen and oxygen atoms in total. The quantitative estimate of drug-likeness (QED) is 0.511. The largest absolute Gasteiger partial charge is 0.416 e. The Morgan fingerprint density at radius 1 is 0.885 bits per heavy atom. The summed E-state index contributed by atoms with van der Waals surface area (Å²) in [5.74, 6) is 0.406. The lowest BCUT2D eigenvalue weighted by molar-refractivity contribution is -0.137. The van der Waals surface area contributed by atoms with E-state index in [4.69, 9.17) is 0 Å². The molecular formula is C20H17F3N2S. The molecule has 0 spiro atoms. The van der Waals surface area contributed by atoms with Crippen LogP contribution in [0.2, 0.25) is 0 Å². The lowest BCUT2D eigenvalue weighted by Gasteiger charge is -2.08. The van der Waals surface area contributed by atoms with Crippen molar-refractivity contribution < 1.29 is 13.2 Å². The van der Waals surface area contributed by atoms with Crippen LogP contribution in [0.4, 0.5) is 13.2 Å². The van der Waals surface area contributed by atoms with Gasteiger partial charge < -0.3 is 0 Å². The van der Waals surface area contributed by atoms with Crippen molar-refractivity contribution in [1.82, 2.24) is 10.2 Å². The van der Waals surface area contributed by atoms with Gasteiger partial charge in [-0.15, -0.1) is 10.2 Å². The molecule has 2 aromatic carbocycles. The topological polar surface area (TPSA) is 25.8 Å². The number of halogens is 3. The zero-order chi connectivity index (χ0) is 18.6. The van der Waals surface area contributed by atoms with Crippen LogP contribution in [0.15, 0.2) is 65.7 Å². The van der Waals surface area contributed by atoms with Gasteiger partial charge in [-0.3, -0.25) is 0 Å². The van der Waals surface area contributed by atoms with E-state index in [2.05, 4.69) is 29.3 Å². The van der Waals surface area contributed by atoms with Crippen LogP contribution in [0, 0.1) is 0 Å². The van der Waals surface area contributed by atoms with Gasteiger partial charge in [-0.25, -0.2) is 0 Å². The van der Waals surface area contributed by atoms with Crippen molar-refractivity contribution in [3.05, 3.63) is 77.4 Å². The number of aryl methyl sites for hydroxylation is 1. The van der Waals surface area contributed by atoms with E-state index in [1.165, 1.54) is 29.5 Å². The average Bonchev–Trinajstić information content (AvgIpc) is 2.66. The molecule has 26 heavy (non-hydrogen) atoms. The van der Waals surface area contributed by atoms with Gasteiger partial charge in [0.05, 0.1) is 11.3 Å². The first kappa shape index (κ1) is 18.5. The second-order valence-electron chi connectivity index (χ2n) is 5.79. The number of thioether (sulfide) groups is 1. The minimum absolute atomic E-state index is 0.406. The molecule has 0 aliphatic rings. The molecule has 1 aromatic heterocycles. The fraction of sp³-hybridized carbons (Fsp3) is 0.200. The fourth-order valence-corrected chi connectivity index (χ4v) is 3.21. The molecule has 0 bridgehead atoms. The van der Waals surface area contributed by atoms with E-state index in [0.29, 0.717) is 16.3 Å². The summed E-state index contributed by atoms with van der Waals surface area (Å²) in [6, 6.07) is 17.2. The molecule has 0 saturated carbocycles. The number of aromatic nitrogens is 2. The van der Waals surface area contributed by atoms with Gasteiger partial charge in [0.1, 0.15) is 5.03 Å². The van der Waals surface area contributed by atoms with E-state index in [0.717, 1.165) is 23.7 Å². The van der Waals surface area contributed by atoms with Gasteiger partial charge >= 0.3 is 6.18 Å². The van der Waals surface area contributed by atoms with E-state index >= 15 is 0 Å². The summed E-state index contributed by atoms with van der Waals surface area (Å²) in [7, 11) is 0. The lowest BCUT2D eigenvalue weighted by Crippen LogP contribution is -2.04. The van der Waals surface area contributed by atoms with Crippen molar-refractivity contribution in [2.45, 2.75) is 30.3 Å². The van der Waals surface area contributed by atoms with E-state index in [1.807, 2.05) is 24.3 Å². The van der Waals surface area contributed by atoms with Crippen molar-refractivity contribution in [1.29, 1.82) is 0 Å². The van der Waals surface area contributed by atoms with Crippen molar-refractivity contribution in [2.75, 3.05) is 0 Å². The van der Waals surface area contributed by atoms with Crippen LogP contribution in [0.3, 0.4) is 0 Å². The zero-order valence-electron chi connectivity index (χ0n) is 14.1. The maximum absolute atomic E-state index is 12.8. The number of alkyl halides is 3. The van der Waals surface area contributed by atoms with Crippen molar-refractivity contribution in [2.24, 2.45) is 0 Å². The molecule has 3 rings (SSSR count). The Balaban J connectivity index is 1.66. The van der Waals surface area contributed by atoms with Crippen LogP contribution in [0.25, 0.3) is 11.3 Å². The molecular weight excluding hydrogens is 357 g/mol. The Morgan fingerprint density at radius 3 is 2.27 bits per heavy atom. The third kappa shape index (κ3) is 4.64. The van der Waals surface area contributed by atoms with Gasteiger partial charge in [-0.2, -0.15) is 13.2 Å². The number of hydrogen-bond donors (Lipinski definition) is 0. The van der Waals surface area contributed by atoms with E-state index in [9.17, 15) is 13.2 Å². The number of benzene rings is 2. The number of rotatable bonds is 5. The first-order valence-electron chi connectivity index (χ1n) is 8.17. The summed E-state index contributed by atoms with van der Waals surface area (Å²) < 4.78 is 38.3. The Hall–Kier alpha value is -2.34. The SMILES string of the molecule is CCc1ccc(-c2ccc(SCc3cccc(C(F)(F)F)c3)nn2)cc1. The molecule has 134 valence electrons. The van der Waals surface area contributed by atoms with E-state index in [-0.39, 0.29) is 0 Å². The fourth-order valence-electron chi connectivity index (χ4n) is 2.46. The highest BCUT2D eigenvalue weighted by Gasteiger charge is 2.30. The molecule has 1 heterocycles. The molecule has 0 unspecified atom stereocenters. The second-order valence-corrected chi connectivity index (χ2v) is 6.79. The van der Waals surface area contributed by atoms with Crippen molar-refractivity contribution >= 4 is 11.8 Å². The van der Waals surface area contributed by atoms with E-state index < -0.39 is 11.7 Å². The normalized spacial score (nSPS) is 11.5. The Kier molecular flexibility index (Phi) is 5.61.